The van der Waals surface area contributed by atoms with Crippen LogP contribution in [0.4, 0.5) is 10.6 Å². The Balaban J connectivity index is 1.63. The number of thiophene rings is 1. The van der Waals surface area contributed by atoms with Crippen LogP contribution in [0.5, 0.6) is 0 Å². The van der Waals surface area contributed by atoms with Crippen molar-refractivity contribution in [1.29, 1.82) is 0 Å². The van der Waals surface area contributed by atoms with E-state index in [4.69, 9.17) is 0 Å². The molecule has 106 valence electrons. The lowest BCUT2D eigenvalue weighted by Gasteiger charge is -2.13. The van der Waals surface area contributed by atoms with Crippen LogP contribution in [0.2, 0.25) is 0 Å². The zero-order valence-electron chi connectivity index (χ0n) is 11.3. The second-order valence-corrected chi connectivity index (χ2v) is 5.26. The van der Waals surface area contributed by atoms with Crippen molar-refractivity contribution in [3.63, 3.8) is 0 Å². The van der Waals surface area contributed by atoms with E-state index in [0.717, 1.165) is 10.7 Å². The Bertz CT molecular complexity index is 515. The average Bonchev–Trinajstić information content (AvgIpc) is 2.99. The second kappa shape index (κ2) is 7.49. The number of hydrogen-bond donors (Lipinski definition) is 3. The molecule has 0 radical (unpaired) electrons. The molecule has 0 saturated heterocycles. The highest BCUT2D eigenvalue weighted by Gasteiger charge is 2.09. The van der Waals surface area contributed by atoms with E-state index in [0.29, 0.717) is 13.1 Å². The van der Waals surface area contributed by atoms with E-state index in [1.165, 1.54) is 0 Å². The van der Waals surface area contributed by atoms with Gasteiger partial charge in [0.05, 0.1) is 6.04 Å². The molecule has 0 aromatic carbocycles. The standard InChI is InChI=1S/C14H18N4OS/c1-11(12-5-4-10-20-12)18-14(19)17-9-8-16-13-6-2-3-7-15-13/h2-7,10-11H,8-9H2,1H3,(H,15,16)(H2,17,18,19). The summed E-state index contributed by atoms with van der Waals surface area (Å²) in [4.78, 5) is 17.0. The number of carbonyl (C=O) groups excluding carboxylic acids is 1. The summed E-state index contributed by atoms with van der Waals surface area (Å²) in [5.41, 5.74) is 0. The number of nitrogens with one attached hydrogen (secondary N) is 3. The van der Waals surface area contributed by atoms with Crippen LogP contribution in [0.3, 0.4) is 0 Å². The highest BCUT2D eigenvalue weighted by atomic mass is 32.1. The van der Waals surface area contributed by atoms with Gasteiger partial charge in [0.15, 0.2) is 0 Å². The van der Waals surface area contributed by atoms with E-state index in [2.05, 4.69) is 20.9 Å². The normalized spacial score (nSPS) is 11.7. The van der Waals surface area contributed by atoms with Gasteiger partial charge in [-0.3, -0.25) is 0 Å². The third-order valence-electron chi connectivity index (χ3n) is 2.70. The van der Waals surface area contributed by atoms with Crippen molar-refractivity contribution >= 4 is 23.2 Å². The van der Waals surface area contributed by atoms with Crippen molar-refractivity contribution in [2.24, 2.45) is 0 Å². The van der Waals surface area contributed by atoms with Crippen molar-refractivity contribution in [3.8, 4) is 0 Å². The molecule has 0 aliphatic rings. The first-order valence-electron chi connectivity index (χ1n) is 6.48. The second-order valence-electron chi connectivity index (χ2n) is 4.28. The predicted octanol–water partition coefficient (Wildman–Crippen LogP) is 2.62. The summed E-state index contributed by atoms with van der Waals surface area (Å²) in [6, 6.07) is 9.53. The molecule has 2 rings (SSSR count). The third kappa shape index (κ3) is 4.55. The lowest BCUT2D eigenvalue weighted by Crippen LogP contribution is -2.39. The Morgan fingerprint density at radius 1 is 1.30 bits per heavy atom. The Labute approximate surface area is 122 Å². The van der Waals surface area contributed by atoms with Gasteiger partial charge in [0.1, 0.15) is 5.82 Å². The number of rotatable bonds is 6. The molecule has 2 aromatic rings. The summed E-state index contributed by atoms with van der Waals surface area (Å²) in [6.07, 6.45) is 1.73. The van der Waals surface area contributed by atoms with Crippen LogP contribution in [0.1, 0.15) is 17.8 Å². The van der Waals surface area contributed by atoms with Gasteiger partial charge < -0.3 is 16.0 Å². The maximum Gasteiger partial charge on any atom is 0.315 e. The Kier molecular flexibility index (Phi) is 5.37. The minimum atomic E-state index is -0.159. The summed E-state index contributed by atoms with van der Waals surface area (Å²) in [5, 5.41) is 10.8. The fraction of sp³-hybridized carbons (Fsp3) is 0.286. The molecular formula is C14H18N4OS. The van der Waals surface area contributed by atoms with Crippen LogP contribution in [0.15, 0.2) is 41.9 Å². The van der Waals surface area contributed by atoms with Crippen LogP contribution in [0, 0.1) is 0 Å². The summed E-state index contributed by atoms with van der Waals surface area (Å²) < 4.78 is 0. The largest absolute Gasteiger partial charge is 0.368 e. The van der Waals surface area contributed by atoms with Crippen LogP contribution in [0.25, 0.3) is 0 Å². The number of amides is 2. The van der Waals surface area contributed by atoms with Gasteiger partial charge in [0.25, 0.3) is 0 Å². The first kappa shape index (κ1) is 14.3. The molecule has 1 atom stereocenters. The van der Waals surface area contributed by atoms with Crippen molar-refractivity contribution in [2.75, 3.05) is 18.4 Å². The van der Waals surface area contributed by atoms with Gasteiger partial charge in [0.2, 0.25) is 0 Å². The van der Waals surface area contributed by atoms with Crippen molar-refractivity contribution in [3.05, 3.63) is 46.8 Å². The third-order valence-corrected chi connectivity index (χ3v) is 3.75. The van der Waals surface area contributed by atoms with Crippen molar-refractivity contribution in [1.82, 2.24) is 15.6 Å². The number of urea groups is 1. The van der Waals surface area contributed by atoms with E-state index >= 15 is 0 Å². The number of pyridine rings is 1. The fourth-order valence-corrected chi connectivity index (χ4v) is 2.42. The molecule has 0 saturated carbocycles. The highest BCUT2D eigenvalue weighted by molar-refractivity contribution is 7.10. The molecule has 0 spiro atoms. The summed E-state index contributed by atoms with van der Waals surface area (Å²) in [6.45, 7) is 3.15. The number of anilines is 1. The number of nitrogens with zero attached hydrogens (tertiary/aromatic N) is 1. The molecular weight excluding hydrogens is 272 g/mol. The van der Waals surface area contributed by atoms with Gasteiger partial charge in [-0.1, -0.05) is 12.1 Å². The summed E-state index contributed by atoms with van der Waals surface area (Å²) in [7, 11) is 0. The molecule has 1 unspecified atom stereocenters. The van der Waals surface area contributed by atoms with Crippen LogP contribution < -0.4 is 16.0 Å². The number of hydrogen-bond acceptors (Lipinski definition) is 4. The minimum absolute atomic E-state index is 0.0266. The summed E-state index contributed by atoms with van der Waals surface area (Å²) in [5.74, 6) is 0.807. The lowest BCUT2D eigenvalue weighted by atomic mass is 10.3. The van der Waals surface area contributed by atoms with E-state index in [9.17, 15) is 4.79 Å². The zero-order valence-corrected chi connectivity index (χ0v) is 12.1. The lowest BCUT2D eigenvalue weighted by molar-refractivity contribution is 0.238. The van der Waals surface area contributed by atoms with Crippen molar-refractivity contribution in [2.45, 2.75) is 13.0 Å². The van der Waals surface area contributed by atoms with E-state index in [1.54, 1.807) is 17.5 Å². The predicted molar refractivity (Wildman–Crippen MR) is 82.0 cm³/mol. The highest BCUT2D eigenvalue weighted by Crippen LogP contribution is 2.17. The molecule has 2 aromatic heterocycles. The first-order valence-corrected chi connectivity index (χ1v) is 7.36. The monoisotopic (exact) mass is 290 g/mol. The molecule has 2 amide bonds. The molecule has 3 N–H and O–H groups in total. The maximum absolute atomic E-state index is 11.7. The Hall–Kier alpha value is -2.08. The maximum atomic E-state index is 11.7. The van der Waals surface area contributed by atoms with E-state index < -0.39 is 0 Å². The fourth-order valence-electron chi connectivity index (χ4n) is 1.69. The van der Waals surface area contributed by atoms with Gasteiger partial charge in [-0.2, -0.15) is 0 Å². The Morgan fingerprint density at radius 2 is 2.20 bits per heavy atom. The average molecular weight is 290 g/mol. The molecule has 0 bridgehead atoms. The SMILES string of the molecule is CC(NC(=O)NCCNc1ccccn1)c1cccs1. The first-order chi connectivity index (χ1) is 9.75. The molecule has 0 aliphatic heterocycles. The molecule has 5 nitrogen and oxygen atoms in total. The number of aromatic nitrogens is 1. The topological polar surface area (TPSA) is 66.1 Å². The molecule has 0 fully saturated rings. The van der Waals surface area contributed by atoms with Gasteiger partial charge >= 0.3 is 6.03 Å². The van der Waals surface area contributed by atoms with Crippen LogP contribution in [-0.2, 0) is 0 Å². The van der Waals surface area contributed by atoms with E-state index in [-0.39, 0.29) is 12.1 Å². The van der Waals surface area contributed by atoms with Gasteiger partial charge in [-0.25, -0.2) is 9.78 Å². The zero-order chi connectivity index (χ0) is 14.2. The number of carbonyl (C=O) groups is 1. The van der Waals surface area contributed by atoms with E-state index in [1.807, 2.05) is 42.6 Å². The smallest absolute Gasteiger partial charge is 0.315 e. The molecule has 0 aliphatic carbocycles. The van der Waals surface area contributed by atoms with Crippen LogP contribution >= 0.6 is 11.3 Å². The molecule has 2 heterocycles. The van der Waals surface area contributed by atoms with Crippen LogP contribution in [-0.4, -0.2) is 24.1 Å². The molecule has 6 heteroatoms. The van der Waals surface area contributed by atoms with Gasteiger partial charge in [-0.05, 0) is 30.5 Å². The van der Waals surface area contributed by atoms with Crippen molar-refractivity contribution < 1.29 is 4.79 Å². The Morgan fingerprint density at radius 3 is 2.90 bits per heavy atom. The molecule has 20 heavy (non-hydrogen) atoms. The summed E-state index contributed by atoms with van der Waals surface area (Å²) >= 11 is 1.64. The minimum Gasteiger partial charge on any atom is -0.368 e. The van der Waals surface area contributed by atoms with Gasteiger partial charge in [0, 0.05) is 24.2 Å². The quantitative estimate of drug-likeness (QED) is 0.716. The van der Waals surface area contributed by atoms with Gasteiger partial charge in [-0.15, -0.1) is 11.3 Å².